The van der Waals surface area contributed by atoms with Crippen LogP contribution in [0.4, 0.5) is 23.7 Å². The molecule has 13 heteroatoms. The third kappa shape index (κ3) is 4.48. The van der Waals surface area contributed by atoms with E-state index >= 15 is 0 Å². The number of amides is 2. The van der Waals surface area contributed by atoms with Crippen molar-refractivity contribution in [3.8, 4) is 11.3 Å². The van der Waals surface area contributed by atoms with Crippen molar-refractivity contribution in [2.75, 3.05) is 24.5 Å². The van der Waals surface area contributed by atoms with Crippen molar-refractivity contribution in [3.63, 3.8) is 0 Å². The number of aliphatic carboxylic acids is 1. The van der Waals surface area contributed by atoms with Gasteiger partial charge in [-0.15, -0.1) is 0 Å². The number of nitrogens with two attached hydrogens (primary N) is 1. The lowest BCUT2D eigenvalue weighted by Crippen LogP contribution is -2.69. The number of cyclic esters (lactones) is 1. The molecule has 2 aromatic carbocycles. The minimum absolute atomic E-state index is 0.0173. The molecule has 3 N–H and O–H groups in total. The summed E-state index contributed by atoms with van der Waals surface area (Å²) < 4.78 is 46.4. The Balaban J connectivity index is 1.48. The quantitative estimate of drug-likeness (QED) is 0.452. The molecule has 0 spiro atoms. The van der Waals surface area contributed by atoms with Gasteiger partial charge in [0.2, 0.25) is 5.91 Å². The summed E-state index contributed by atoms with van der Waals surface area (Å²) in [7, 11) is 0. The number of nitrogens with zero attached hydrogens (tertiary/aromatic N) is 2. The molecule has 0 saturated carbocycles. The fourth-order valence-corrected chi connectivity index (χ4v) is 6.25. The minimum Gasteiger partial charge on any atom is -0.548 e. The van der Waals surface area contributed by atoms with Gasteiger partial charge >= 0.3 is 12.3 Å². The molecule has 2 saturated heterocycles. The van der Waals surface area contributed by atoms with E-state index in [0.29, 0.717) is 11.8 Å². The van der Waals surface area contributed by atoms with E-state index in [1.165, 1.54) is 52.3 Å². The summed E-state index contributed by atoms with van der Waals surface area (Å²) in [5.41, 5.74) is 0.980. The number of rotatable bonds is 6. The predicted molar refractivity (Wildman–Crippen MR) is 144 cm³/mol. The van der Waals surface area contributed by atoms with Gasteiger partial charge in [-0.1, -0.05) is 38.1 Å². The van der Waals surface area contributed by atoms with Crippen LogP contribution in [0.2, 0.25) is 0 Å². The molecule has 42 heavy (non-hydrogen) atoms. The van der Waals surface area contributed by atoms with Gasteiger partial charge in [0, 0.05) is 34.3 Å². The van der Waals surface area contributed by atoms with Gasteiger partial charge in [-0.05, 0) is 42.5 Å². The molecule has 0 bridgehead atoms. The zero-order chi connectivity index (χ0) is 30.6. The maximum absolute atomic E-state index is 13.6. The molecule has 2 fully saturated rings. The number of likely N-dealkylation sites (tertiary alicyclic amines) is 1. The average Bonchev–Trinajstić information content (AvgIpc) is 3.58. The Bertz CT molecular complexity index is 1650. The van der Waals surface area contributed by atoms with Gasteiger partial charge in [-0.25, -0.2) is 4.79 Å². The molecule has 3 aromatic rings. The number of hydrogen-bond donors (Lipinski definition) is 2. The number of ether oxygens (including phenoxy) is 1. The maximum Gasteiger partial charge on any atom is 0.417 e. The Morgan fingerprint density at radius 2 is 1.86 bits per heavy atom. The molecule has 2 atom stereocenters. The fourth-order valence-electron chi connectivity index (χ4n) is 6.25. The third-order valence-corrected chi connectivity index (χ3v) is 8.54. The van der Waals surface area contributed by atoms with Crippen molar-refractivity contribution in [2.45, 2.75) is 44.5 Å². The van der Waals surface area contributed by atoms with Crippen molar-refractivity contribution >= 4 is 34.4 Å². The Kier molecular flexibility index (Phi) is 7.04. The van der Waals surface area contributed by atoms with Crippen molar-refractivity contribution in [3.05, 3.63) is 64.4 Å². The van der Waals surface area contributed by atoms with E-state index in [4.69, 9.17) is 10.5 Å². The molecule has 0 aliphatic carbocycles. The van der Waals surface area contributed by atoms with Crippen LogP contribution < -0.4 is 21.3 Å². The number of aromatic amines is 1. The lowest BCUT2D eigenvalue weighted by atomic mass is 9.66. The summed E-state index contributed by atoms with van der Waals surface area (Å²) in [6, 6.07) is 10.8. The number of fused-ring (bicyclic) bond motifs is 1. The Morgan fingerprint density at radius 3 is 2.52 bits per heavy atom. The zero-order valence-corrected chi connectivity index (χ0v) is 22.8. The van der Waals surface area contributed by atoms with Crippen LogP contribution in [-0.4, -0.2) is 59.1 Å². The van der Waals surface area contributed by atoms with Crippen molar-refractivity contribution < 1.29 is 37.4 Å². The highest BCUT2D eigenvalue weighted by Crippen LogP contribution is 2.48. The van der Waals surface area contributed by atoms with Crippen molar-refractivity contribution in [2.24, 2.45) is 11.1 Å². The molecule has 3 heterocycles. The van der Waals surface area contributed by atoms with Crippen LogP contribution >= 0.6 is 0 Å². The van der Waals surface area contributed by atoms with E-state index in [9.17, 15) is 37.5 Å². The highest BCUT2D eigenvalue weighted by atomic mass is 19.4. The monoisotopic (exact) mass is 585 g/mol. The second kappa shape index (κ2) is 10.2. The first kappa shape index (κ1) is 29.1. The topological polar surface area (TPSA) is 149 Å². The summed E-state index contributed by atoms with van der Waals surface area (Å²) in [5.74, 6) is -2.03. The Labute approximate surface area is 237 Å². The number of nitrogens with one attached hydrogen (secondary N) is 1. The number of halogens is 3. The molecule has 5 rings (SSSR count). The highest BCUT2D eigenvalue weighted by molar-refractivity contribution is 5.95. The number of anilines is 1. The van der Waals surface area contributed by atoms with Crippen molar-refractivity contribution in [1.82, 2.24) is 9.88 Å². The summed E-state index contributed by atoms with van der Waals surface area (Å²) in [6.45, 7) is 2.87. The van der Waals surface area contributed by atoms with Crippen LogP contribution in [0.25, 0.3) is 22.0 Å². The average molecular weight is 586 g/mol. The smallest absolute Gasteiger partial charge is 0.417 e. The number of H-pyrrole nitrogens is 1. The normalized spacial score (nSPS) is 21.2. The van der Waals surface area contributed by atoms with E-state index in [1.54, 1.807) is 13.8 Å². The van der Waals surface area contributed by atoms with Gasteiger partial charge in [0.15, 0.2) is 0 Å². The summed E-state index contributed by atoms with van der Waals surface area (Å²) in [6.07, 6.45) is -5.91. The first-order valence-electron chi connectivity index (χ1n) is 13.3. The number of carbonyl (C=O) groups excluding carboxylic acids is 3. The molecule has 2 amide bonds. The van der Waals surface area contributed by atoms with E-state index in [-0.39, 0.29) is 41.8 Å². The largest absolute Gasteiger partial charge is 0.548 e. The first-order chi connectivity index (χ1) is 19.7. The van der Waals surface area contributed by atoms with Crippen molar-refractivity contribution in [1.29, 1.82) is 0 Å². The van der Waals surface area contributed by atoms with Gasteiger partial charge in [-0.2, -0.15) is 13.2 Å². The van der Waals surface area contributed by atoms with E-state index in [2.05, 4.69) is 4.98 Å². The molecule has 0 radical (unpaired) electrons. The predicted octanol–water partition coefficient (Wildman–Crippen LogP) is 2.64. The first-order valence-corrected chi connectivity index (χ1v) is 13.3. The van der Waals surface area contributed by atoms with Gasteiger partial charge in [0.25, 0.3) is 5.56 Å². The van der Waals surface area contributed by atoms with E-state index in [1.807, 2.05) is 0 Å². The molecule has 2 aliphatic rings. The minimum atomic E-state index is -4.63. The molecular formula is C29H28F3N4O6-. The number of carbonyl (C=O) groups is 3. The van der Waals surface area contributed by atoms with Gasteiger partial charge < -0.3 is 30.3 Å². The number of alkyl halides is 3. The van der Waals surface area contributed by atoms with Crippen LogP contribution in [-0.2, 0) is 20.5 Å². The maximum atomic E-state index is 13.6. The van der Waals surface area contributed by atoms with Crippen LogP contribution in [0.15, 0.2) is 53.3 Å². The molecule has 10 nitrogen and oxygen atoms in total. The number of carboxylic acid groups (broad SMARTS) is 1. The molecule has 2 aliphatic heterocycles. The van der Waals surface area contributed by atoms with Crippen LogP contribution in [0.1, 0.15) is 32.3 Å². The second-order valence-corrected chi connectivity index (χ2v) is 11.0. The van der Waals surface area contributed by atoms with Crippen LogP contribution in [0.5, 0.6) is 0 Å². The van der Waals surface area contributed by atoms with Crippen LogP contribution in [0, 0.1) is 5.41 Å². The van der Waals surface area contributed by atoms with Gasteiger partial charge in [0.1, 0.15) is 6.10 Å². The lowest BCUT2D eigenvalue weighted by molar-refractivity contribution is -0.324. The number of benzene rings is 2. The molecule has 0 unspecified atom stereocenters. The second-order valence-electron chi connectivity index (χ2n) is 11.0. The van der Waals surface area contributed by atoms with E-state index < -0.39 is 58.9 Å². The number of pyridine rings is 1. The van der Waals surface area contributed by atoms with Gasteiger partial charge in [-0.3, -0.25) is 14.5 Å². The summed E-state index contributed by atoms with van der Waals surface area (Å²) in [5, 5.41) is 13.0. The lowest BCUT2D eigenvalue weighted by Gasteiger charge is -2.52. The SMILES string of the molecule is CC(C)([C@H]1CN(c2ccc3cc(-c4ccccc4C(F)(F)F)[nH]c(=O)c3c2)C(=O)O1)[C@]1(C(=O)[O-])CCCN1C(=O)CN. The number of aromatic nitrogens is 1. The third-order valence-electron chi connectivity index (χ3n) is 8.54. The number of hydrogen-bond acceptors (Lipinski definition) is 7. The Morgan fingerprint density at radius 1 is 1.14 bits per heavy atom. The van der Waals surface area contributed by atoms with E-state index in [0.717, 1.165) is 6.07 Å². The van der Waals surface area contributed by atoms with Crippen LogP contribution in [0.3, 0.4) is 0 Å². The Hall–Kier alpha value is -4.39. The molecule has 222 valence electrons. The zero-order valence-electron chi connectivity index (χ0n) is 22.8. The number of carboxylic acids is 1. The fraction of sp³-hybridized carbons (Fsp3) is 0.379. The standard InChI is InChI=1S/C29H29F3N4O6/c1-27(2,28(25(39)40)10-5-11-36(28)23(37)14-33)22-15-35(26(41)42-22)17-9-8-16-12-21(34-24(38)19(16)13-17)18-6-3-4-7-20(18)29(30,31)32/h3-4,6-9,12-13,22H,5,10-11,14-15,33H2,1-2H3,(H,34,38)(H,39,40)/p-1/t22-,28-/m1/s1. The summed E-state index contributed by atoms with van der Waals surface area (Å²) >= 11 is 0. The molecular weight excluding hydrogens is 557 g/mol. The molecule has 1 aromatic heterocycles. The highest BCUT2D eigenvalue weighted by Gasteiger charge is 2.60. The summed E-state index contributed by atoms with van der Waals surface area (Å²) in [4.78, 5) is 56.2. The van der Waals surface area contributed by atoms with Gasteiger partial charge in [0.05, 0.1) is 30.2 Å².